The van der Waals surface area contributed by atoms with Crippen molar-refractivity contribution in [1.82, 2.24) is 15.3 Å². The number of aliphatic carboxylic acids is 2. The number of allylic oxidation sites excluding steroid dienone is 1. The van der Waals surface area contributed by atoms with E-state index in [1.807, 2.05) is 34.6 Å². The van der Waals surface area contributed by atoms with Crippen molar-refractivity contribution < 1.29 is 29.4 Å². The molecule has 0 bridgehead atoms. The smallest absolute Gasteiger partial charge is 0.303 e. The summed E-state index contributed by atoms with van der Waals surface area (Å²) in [6.07, 6.45) is 2.56. The first-order valence-electron chi connectivity index (χ1n) is 15.5. The molecule has 2 aliphatic rings. The maximum Gasteiger partial charge on any atom is 0.303 e. The van der Waals surface area contributed by atoms with E-state index in [1.54, 1.807) is 0 Å². The monoisotopic (exact) mass is 656 g/mol. The van der Waals surface area contributed by atoms with Crippen molar-refractivity contribution >= 4 is 54.7 Å². The summed E-state index contributed by atoms with van der Waals surface area (Å²) in [4.78, 5) is 59.6. The van der Waals surface area contributed by atoms with E-state index in [4.69, 9.17) is 12.6 Å². The molecule has 1 fully saturated rings. The lowest BCUT2D eigenvalue weighted by molar-refractivity contribution is -0.138. The average molecular weight is 657 g/mol. The van der Waals surface area contributed by atoms with Gasteiger partial charge in [0.15, 0.2) is 0 Å². The first-order valence-corrected chi connectivity index (χ1v) is 16.6. The molecule has 2 aromatic heterocycles. The predicted octanol–water partition coefficient (Wildman–Crippen LogP) is 4.36. The van der Waals surface area contributed by atoms with Gasteiger partial charge in [-0.2, -0.15) is 25.3 Å². The zero-order valence-electron chi connectivity index (χ0n) is 26.5. The fourth-order valence-corrected chi connectivity index (χ4v) is 7.66. The number of hydrogen-bond acceptors (Lipinski definition) is 6. The van der Waals surface area contributed by atoms with E-state index in [9.17, 15) is 29.4 Å². The summed E-state index contributed by atoms with van der Waals surface area (Å²) >= 11 is 9.15. The second-order valence-electron chi connectivity index (χ2n) is 12.3. The molecule has 4 rings (SSSR count). The summed E-state index contributed by atoms with van der Waals surface area (Å²) in [6.45, 7) is 9.69. The lowest BCUT2D eigenvalue weighted by Crippen LogP contribution is -2.36. The van der Waals surface area contributed by atoms with Crippen LogP contribution < -0.4 is 5.32 Å². The number of amides is 2. The van der Waals surface area contributed by atoms with Gasteiger partial charge in [0, 0.05) is 89.3 Å². The number of carboxylic acid groups (broad SMARTS) is 2. The minimum Gasteiger partial charge on any atom is -0.481 e. The Balaban J connectivity index is 1.71. The number of aromatic amines is 2. The van der Waals surface area contributed by atoms with E-state index >= 15 is 0 Å². The van der Waals surface area contributed by atoms with Crippen LogP contribution in [0.2, 0.25) is 0 Å². The summed E-state index contributed by atoms with van der Waals surface area (Å²) in [5, 5.41) is 22.1. The Labute approximate surface area is 274 Å². The molecule has 45 heavy (non-hydrogen) atoms. The van der Waals surface area contributed by atoms with Crippen LogP contribution in [0.3, 0.4) is 0 Å². The Morgan fingerprint density at radius 3 is 1.98 bits per heavy atom. The highest BCUT2D eigenvalue weighted by Gasteiger charge is 2.42. The lowest BCUT2D eigenvalue weighted by atomic mass is 9.86. The van der Waals surface area contributed by atoms with Gasteiger partial charge in [0.2, 0.25) is 5.91 Å². The van der Waals surface area contributed by atoms with Gasteiger partial charge in [0.1, 0.15) is 0 Å². The highest BCUT2D eigenvalue weighted by atomic mass is 32.1. The first-order chi connectivity index (χ1) is 21.3. The molecule has 244 valence electrons. The van der Waals surface area contributed by atoms with Gasteiger partial charge in [0.25, 0.3) is 5.91 Å². The summed E-state index contributed by atoms with van der Waals surface area (Å²) in [5.74, 6) is -1.68. The number of carbonyl (C=O) groups is 4. The average Bonchev–Trinajstić information content (AvgIpc) is 3.63. The quantitative estimate of drug-likeness (QED) is 0.141. The highest BCUT2D eigenvalue weighted by molar-refractivity contribution is 7.84. The van der Waals surface area contributed by atoms with E-state index in [0.717, 1.165) is 50.6 Å². The van der Waals surface area contributed by atoms with E-state index in [2.05, 4.69) is 32.9 Å². The number of thiol groups is 2. The summed E-state index contributed by atoms with van der Waals surface area (Å²) in [5.41, 5.74) is 9.53. The summed E-state index contributed by atoms with van der Waals surface area (Å²) < 4.78 is 0. The minimum atomic E-state index is -0.897. The number of carbonyl (C=O) groups excluding carboxylic acids is 2. The molecule has 0 radical (unpaired) electrons. The van der Waals surface area contributed by atoms with Crippen LogP contribution in [0.4, 0.5) is 0 Å². The van der Waals surface area contributed by atoms with Crippen molar-refractivity contribution in [1.29, 1.82) is 0 Å². The van der Waals surface area contributed by atoms with E-state index in [1.165, 1.54) is 0 Å². The van der Waals surface area contributed by atoms with Crippen molar-refractivity contribution in [3.8, 4) is 0 Å². The highest BCUT2D eigenvalue weighted by Crippen LogP contribution is 2.34. The van der Waals surface area contributed by atoms with E-state index in [0.29, 0.717) is 55.6 Å². The zero-order chi connectivity index (χ0) is 33.2. The molecule has 10 nitrogen and oxygen atoms in total. The largest absolute Gasteiger partial charge is 0.481 e. The summed E-state index contributed by atoms with van der Waals surface area (Å²) in [6, 6.07) is -0.149. The van der Waals surface area contributed by atoms with Gasteiger partial charge in [-0.15, -0.1) is 0 Å². The number of aromatic nitrogens is 2. The molecular weight excluding hydrogens is 613 g/mol. The van der Waals surface area contributed by atoms with E-state index < -0.39 is 11.9 Å². The van der Waals surface area contributed by atoms with Crippen LogP contribution in [0.5, 0.6) is 0 Å². The van der Waals surface area contributed by atoms with Crippen LogP contribution in [0, 0.1) is 25.7 Å². The van der Waals surface area contributed by atoms with Gasteiger partial charge in [-0.05, 0) is 67.9 Å². The van der Waals surface area contributed by atoms with Gasteiger partial charge in [0.05, 0.1) is 5.71 Å². The Hall–Kier alpha value is -3.25. The normalized spacial score (nSPS) is 20.6. The number of nitrogens with zero attached hydrogens (tertiary/aromatic N) is 1. The van der Waals surface area contributed by atoms with Gasteiger partial charge in [-0.1, -0.05) is 13.8 Å². The maximum absolute atomic E-state index is 12.6. The standard InChI is InChI=1S/C33H44N4O6S2/c1-6-19-15(2)24(36-33(19)43)11-22-16(3)20(7-9-29(38)39)25(34-22)13-26-21(8-10-30(40)41)17(4)23(35-26)12-27-31(28(45)14-44)18(5)32(42)37-27/h18,27-28,31,34-35,44-45H,6-14H2,1-5H3,(H,37,42)(H,38,39)(H,40,41)/t18-,27+,28?,31-/m1/s1. The molecule has 4 atom stereocenters. The van der Waals surface area contributed by atoms with Gasteiger partial charge >= 0.3 is 11.9 Å². The van der Waals surface area contributed by atoms with Crippen molar-refractivity contribution in [2.45, 2.75) is 97.3 Å². The molecular formula is C33H44N4O6S2. The third kappa shape index (κ3) is 7.43. The summed E-state index contributed by atoms with van der Waals surface area (Å²) in [7, 11) is 0. The minimum absolute atomic E-state index is 0.0106. The van der Waals surface area contributed by atoms with Crippen LogP contribution in [0.25, 0.3) is 0 Å². The molecule has 1 unspecified atom stereocenters. The molecule has 0 aromatic carbocycles. The third-order valence-electron chi connectivity index (χ3n) is 9.59. The maximum atomic E-state index is 12.6. The molecule has 0 aliphatic carbocycles. The van der Waals surface area contributed by atoms with Gasteiger partial charge in [-0.25, -0.2) is 4.99 Å². The molecule has 1 saturated heterocycles. The van der Waals surface area contributed by atoms with E-state index in [-0.39, 0.29) is 47.8 Å². The third-order valence-corrected chi connectivity index (χ3v) is 10.8. The fourth-order valence-electron chi connectivity index (χ4n) is 6.95. The van der Waals surface area contributed by atoms with Gasteiger partial charge in [-0.3, -0.25) is 19.2 Å². The molecule has 4 heterocycles. The number of rotatable bonds is 15. The van der Waals surface area contributed by atoms with Crippen LogP contribution in [0.1, 0.15) is 85.1 Å². The zero-order valence-corrected chi connectivity index (χ0v) is 28.3. The van der Waals surface area contributed by atoms with Crippen molar-refractivity contribution in [3.05, 3.63) is 56.2 Å². The van der Waals surface area contributed by atoms with Crippen LogP contribution in [0.15, 0.2) is 16.1 Å². The topological polar surface area (TPSA) is 165 Å². The molecule has 2 aromatic rings. The second-order valence-corrected chi connectivity index (χ2v) is 13.3. The van der Waals surface area contributed by atoms with Crippen LogP contribution >= 0.6 is 25.3 Å². The van der Waals surface area contributed by atoms with Crippen molar-refractivity contribution in [2.24, 2.45) is 16.8 Å². The molecule has 0 saturated carbocycles. The number of nitrogens with one attached hydrogen (secondary N) is 3. The fraction of sp³-hybridized carbons (Fsp3) is 0.545. The Morgan fingerprint density at radius 2 is 1.47 bits per heavy atom. The molecule has 12 heteroatoms. The number of aliphatic imine (C=N–C) groups is 1. The SMILES string of the molecule is CCC1=C(C)C(Cc2[nH]c(Cc3[nH]c(C[C@@H]4NC(=O)[C@H](C)[C@H]4C(S)CS)c(C)c3CCC(=O)O)c(CCC(=O)O)c2C)=NC1=O. The van der Waals surface area contributed by atoms with Crippen molar-refractivity contribution in [2.75, 3.05) is 5.75 Å². The molecule has 0 spiro atoms. The van der Waals surface area contributed by atoms with Crippen LogP contribution in [-0.4, -0.2) is 66.7 Å². The van der Waals surface area contributed by atoms with Crippen molar-refractivity contribution in [3.63, 3.8) is 0 Å². The number of H-pyrrole nitrogens is 2. The number of hydrogen-bond donors (Lipinski definition) is 7. The predicted molar refractivity (Wildman–Crippen MR) is 180 cm³/mol. The van der Waals surface area contributed by atoms with Crippen LogP contribution in [-0.2, 0) is 51.3 Å². The lowest BCUT2D eigenvalue weighted by Gasteiger charge is -2.25. The first kappa shape index (κ1) is 34.6. The Bertz CT molecular complexity index is 1570. The van der Waals surface area contributed by atoms with Gasteiger partial charge < -0.3 is 25.5 Å². The molecule has 2 amide bonds. The molecule has 5 N–H and O–H groups in total. The molecule has 2 aliphatic heterocycles. The second kappa shape index (κ2) is 14.5. The Kier molecular flexibility index (Phi) is 11.1. The number of carboxylic acids is 2. The Morgan fingerprint density at radius 1 is 0.911 bits per heavy atom.